The fourth-order valence-corrected chi connectivity index (χ4v) is 2.20. The molecule has 1 unspecified atom stereocenters. The Morgan fingerprint density at radius 1 is 1.33 bits per heavy atom. The van der Waals surface area contributed by atoms with Gasteiger partial charge in [0.15, 0.2) is 5.76 Å². The summed E-state index contributed by atoms with van der Waals surface area (Å²) in [7, 11) is 1.50. The fourth-order valence-electron chi connectivity index (χ4n) is 1.97. The molecule has 0 aliphatic heterocycles. The van der Waals surface area contributed by atoms with Crippen LogP contribution in [0.2, 0.25) is 5.02 Å². The second-order valence-corrected chi connectivity index (χ2v) is 5.38. The van der Waals surface area contributed by atoms with Gasteiger partial charge in [0, 0.05) is 19.3 Å². The molecular weight excluding hydrogens is 334 g/mol. The van der Waals surface area contributed by atoms with Crippen LogP contribution < -0.4 is 16.4 Å². The van der Waals surface area contributed by atoms with Crippen molar-refractivity contribution in [1.29, 1.82) is 0 Å². The minimum absolute atomic E-state index is 0.140. The van der Waals surface area contributed by atoms with Gasteiger partial charge in [0.05, 0.1) is 29.5 Å². The Hall–Kier alpha value is -2.35. The maximum Gasteiger partial charge on any atom is 0.291 e. The number of anilines is 2. The van der Waals surface area contributed by atoms with E-state index >= 15 is 0 Å². The third-order valence-corrected chi connectivity index (χ3v) is 3.57. The predicted molar refractivity (Wildman–Crippen MR) is 91.2 cm³/mol. The number of nitrogens with two attached hydrogens (primary N) is 1. The van der Waals surface area contributed by atoms with Crippen LogP contribution >= 0.6 is 11.6 Å². The van der Waals surface area contributed by atoms with Crippen LogP contribution in [0.5, 0.6) is 0 Å². The van der Waals surface area contributed by atoms with Gasteiger partial charge in [0.25, 0.3) is 5.91 Å². The first kappa shape index (κ1) is 18.0. The summed E-state index contributed by atoms with van der Waals surface area (Å²) in [5.74, 6) is -0.476. The van der Waals surface area contributed by atoms with E-state index in [0.717, 1.165) is 0 Å². The zero-order valence-corrected chi connectivity index (χ0v) is 13.8. The van der Waals surface area contributed by atoms with E-state index < -0.39 is 5.91 Å². The molecule has 0 fully saturated rings. The van der Waals surface area contributed by atoms with E-state index in [4.69, 9.17) is 26.5 Å². The largest absolute Gasteiger partial charge is 0.459 e. The number of benzene rings is 1. The summed E-state index contributed by atoms with van der Waals surface area (Å²) in [4.78, 5) is 23.8. The third-order valence-electron chi connectivity index (χ3n) is 3.26. The van der Waals surface area contributed by atoms with Gasteiger partial charge in [-0.05, 0) is 30.3 Å². The van der Waals surface area contributed by atoms with E-state index in [1.807, 2.05) is 0 Å². The molecule has 0 bridgehead atoms. The molecule has 0 aliphatic rings. The molecule has 0 saturated carbocycles. The molecule has 1 aromatic heterocycles. The van der Waals surface area contributed by atoms with Crippen LogP contribution in [0.3, 0.4) is 0 Å². The van der Waals surface area contributed by atoms with Crippen LogP contribution in [0.1, 0.15) is 17.0 Å². The number of hydrogen-bond acceptors (Lipinski definition) is 5. The third kappa shape index (κ3) is 4.82. The average molecular weight is 352 g/mol. The first-order valence-electron chi connectivity index (χ1n) is 7.20. The zero-order chi connectivity index (χ0) is 17.5. The Balaban J connectivity index is 1.99. The number of amides is 2. The van der Waals surface area contributed by atoms with Crippen LogP contribution in [-0.4, -0.2) is 31.6 Å². The number of methoxy groups -OCH3 is 1. The highest BCUT2D eigenvalue weighted by Gasteiger charge is 2.14. The Kier molecular flexibility index (Phi) is 6.36. The molecule has 7 nitrogen and oxygen atoms in total. The lowest BCUT2D eigenvalue weighted by Crippen LogP contribution is -2.28. The molecule has 2 aromatic rings. The van der Waals surface area contributed by atoms with E-state index in [2.05, 4.69) is 10.6 Å². The molecule has 1 atom stereocenters. The standard InChI is InChI=1S/C16H18ClN3O4/c1-23-11(9-18)8-15(21)19-10-4-5-13(12(17)7-10)20-16(22)14-3-2-6-24-14/h2-7,11H,8-9,18H2,1H3,(H,19,21)(H,20,22). The summed E-state index contributed by atoms with van der Waals surface area (Å²) in [6.45, 7) is 0.252. The second-order valence-electron chi connectivity index (χ2n) is 4.97. The summed E-state index contributed by atoms with van der Waals surface area (Å²) >= 11 is 6.14. The fraction of sp³-hybridized carbons (Fsp3) is 0.250. The average Bonchev–Trinajstić information content (AvgIpc) is 3.09. The lowest BCUT2D eigenvalue weighted by atomic mass is 10.2. The van der Waals surface area contributed by atoms with E-state index in [1.165, 1.54) is 13.4 Å². The number of carbonyl (C=O) groups excluding carboxylic acids is 2. The van der Waals surface area contributed by atoms with Gasteiger partial charge in [-0.15, -0.1) is 0 Å². The van der Waals surface area contributed by atoms with Crippen molar-refractivity contribution in [1.82, 2.24) is 0 Å². The molecule has 0 radical (unpaired) electrons. The van der Waals surface area contributed by atoms with Gasteiger partial charge in [-0.1, -0.05) is 11.6 Å². The molecule has 0 aliphatic carbocycles. The van der Waals surface area contributed by atoms with E-state index in [-0.39, 0.29) is 35.8 Å². The summed E-state index contributed by atoms with van der Waals surface area (Å²) in [6, 6.07) is 7.92. The van der Waals surface area contributed by atoms with Gasteiger partial charge in [0.2, 0.25) is 5.91 Å². The van der Waals surface area contributed by atoms with E-state index in [0.29, 0.717) is 11.4 Å². The highest BCUT2D eigenvalue weighted by atomic mass is 35.5. The van der Waals surface area contributed by atoms with Crippen molar-refractivity contribution in [3.63, 3.8) is 0 Å². The zero-order valence-electron chi connectivity index (χ0n) is 13.0. The lowest BCUT2D eigenvalue weighted by Gasteiger charge is -2.13. The predicted octanol–water partition coefficient (Wildman–Crippen LogP) is 2.49. The number of hydrogen-bond donors (Lipinski definition) is 3. The van der Waals surface area contributed by atoms with Crippen molar-refractivity contribution in [3.05, 3.63) is 47.4 Å². The number of ether oxygens (including phenoxy) is 1. The smallest absolute Gasteiger partial charge is 0.291 e. The van der Waals surface area contributed by atoms with Crippen LogP contribution in [0, 0.1) is 0 Å². The van der Waals surface area contributed by atoms with Crippen molar-refractivity contribution < 1.29 is 18.7 Å². The Labute approximate surface area is 144 Å². The highest BCUT2D eigenvalue weighted by Crippen LogP contribution is 2.26. The van der Waals surface area contributed by atoms with Gasteiger partial charge in [-0.25, -0.2) is 0 Å². The normalized spacial score (nSPS) is 11.8. The first-order valence-corrected chi connectivity index (χ1v) is 7.58. The van der Waals surface area contributed by atoms with Gasteiger partial charge in [-0.3, -0.25) is 9.59 Å². The number of furan rings is 1. The molecule has 0 spiro atoms. The van der Waals surface area contributed by atoms with Crippen LogP contribution in [-0.2, 0) is 9.53 Å². The molecule has 24 heavy (non-hydrogen) atoms. The van der Waals surface area contributed by atoms with Crippen molar-refractivity contribution in [3.8, 4) is 0 Å². The monoisotopic (exact) mass is 351 g/mol. The molecule has 4 N–H and O–H groups in total. The van der Waals surface area contributed by atoms with Crippen molar-refractivity contribution in [2.45, 2.75) is 12.5 Å². The molecule has 8 heteroatoms. The summed E-state index contributed by atoms with van der Waals surface area (Å²) in [5.41, 5.74) is 6.40. The number of nitrogens with one attached hydrogen (secondary N) is 2. The SMILES string of the molecule is COC(CN)CC(=O)Nc1ccc(NC(=O)c2ccco2)c(Cl)c1. The van der Waals surface area contributed by atoms with E-state index in [9.17, 15) is 9.59 Å². The van der Waals surface area contributed by atoms with Crippen LogP contribution in [0.15, 0.2) is 41.0 Å². The number of carbonyl (C=O) groups is 2. The highest BCUT2D eigenvalue weighted by molar-refractivity contribution is 6.34. The number of halogens is 1. The van der Waals surface area contributed by atoms with Crippen molar-refractivity contribution >= 4 is 34.8 Å². The summed E-state index contributed by atoms with van der Waals surface area (Å²) < 4.78 is 10.1. The van der Waals surface area contributed by atoms with Crippen LogP contribution in [0.4, 0.5) is 11.4 Å². The Morgan fingerprint density at radius 3 is 2.71 bits per heavy atom. The minimum Gasteiger partial charge on any atom is -0.459 e. The maximum absolute atomic E-state index is 11.9. The summed E-state index contributed by atoms with van der Waals surface area (Å²) in [6.07, 6.45) is 1.21. The van der Waals surface area contributed by atoms with Gasteiger partial charge < -0.3 is 25.5 Å². The number of rotatable bonds is 7. The maximum atomic E-state index is 11.9. The lowest BCUT2D eigenvalue weighted by molar-refractivity contribution is -0.118. The van der Waals surface area contributed by atoms with Crippen LogP contribution in [0.25, 0.3) is 0 Å². The van der Waals surface area contributed by atoms with Gasteiger partial charge in [0.1, 0.15) is 0 Å². The quantitative estimate of drug-likeness (QED) is 0.710. The first-order chi connectivity index (χ1) is 11.5. The molecule has 2 rings (SSSR count). The molecule has 0 saturated heterocycles. The van der Waals surface area contributed by atoms with Crippen molar-refractivity contribution in [2.75, 3.05) is 24.3 Å². The second kappa shape index (κ2) is 8.49. The van der Waals surface area contributed by atoms with Gasteiger partial charge >= 0.3 is 0 Å². The summed E-state index contributed by atoms with van der Waals surface area (Å²) in [5, 5.41) is 5.62. The molecule has 1 aromatic carbocycles. The van der Waals surface area contributed by atoms with Gasteiger partial charge in [-0.2, -0.15) is 0 Å². The molecule has 1 heterocycles. The van der Waals surface area contributed by atoms with E-state index in [1.54, 1.807) is 30.3 Å². The van der Waals surface area contributed by atoms with Crippen molar-refractivity contribution in [2.24, 2.45) is 5.73 Å². The minimum atomic E-state index is -0.412. The Bertz CT molecular complexity index is 699. The molecular formula is C16H18ClN3O4. The topological polar surface area (TPSA) is 107 Å². The molecule has 2 amide bonds. The molecule has 128 valence electrons. The Morgan fingerprint density at radius 2 is 2.12 bits per heavy atom.